The van der Waals surface area contributed by atoms with Crippen molar-refractivity contribution in [3.63, 3.8) is 0 Å². The Kier molecular flexibility index (Phi) is 19.0. The molecule has 4 aromatic carbocycles. The van der Waals surface area contributed by atoms with Crippen LogP contribution in [0.1, 0.15) is 83.6 Å². The van der Waals surface area contributed by atoms with Gasteiger partial charge >= 0.3 is 6.36 Å². The van der Waals surface area contributed by atoms with E-state index in [-0.39, 0.29) is 46.8 Å². The molecule has 5 N–H and O–H groups in total. The maximum Gasteiger partial charge on any atom is 0.573 e. The zero-order valence-corrected chi connectivity index (χ0v) is 51.5. The molecule has 86 heavy (non-hydrogen) atoms. The predicted octanol–water partition coefficient (Wildman–Crippen LogP) is 13.1. The third-order valence-corrected chi connectivity index (χ3v) is 18.7. The molecule has 4 aromatic heterocycles. The number of benzene rings is 4. The number of nitrogens with one attached hydrogen (secondary N) is 5. The second-order valence-electron chi connectivity index (χ2n) is 23.7. The van der Waals surface area contributed by atoms with Gasteiger partial charge in [0.15, 0.2) is 0 Å². The number of likely N-dealkylation sites (N-methyl/N-ethyl adjacent to an activating group) is 1. The highest BCUT2D eigenvalue weighted by molar-refractivity contribution is 6.32. The minimum Gasteiger partial charge on any atom is -0.406 e. The lowest BCUT2D eigenvalue weighted by atomic mass is 9.77. The minimum absolute atomic E-state index is 0.0318. The van der Waals surface area contributed by atoms with Crippen LogP contribution >= 0.6 is 34.8 Å². The summed E-state index contributed by atoms with van der Waals surface area (Å²) in [7, 11) is 3.76. The van der Waals surface area contributed by atoms with Crippen molar-refractivity contribution < 1.29 is 37.1 Å². The molecule has 0 aliphatic carbocycles. The molecule has 1 atom stereocenters. The molecule has 4 amide bonds. The summed E-state index contributed by atoms with van der Waals surface area (Å²) in [5, 5.41) is 9.78. The molecule has 9 heterocycles. The van der Waals surface area contributed by atoms with Crippen molar-refractivity contribution in [2.45, 2.75) is 90.5 Å². The summed E-state index contributed by atoms with van der Waals surface area (Å²) in [4.78, 5) is 70.9. The Hall–Kier alpha value is -7.22. The topological polar surface area (TPSA) is 172 Å². The maximum atomic E-state index is 12.5. The summed E-state index contributed by atoms with van der Waals surface area (Å²) in [6.45, 7) is 13.5. The SMILES string of the molecule is CC(=O)N(C)C1CCN(c2cc(Cl)cc3[nH]ccc23)C1.CC(=O)N(C)CC1CCN(c2cc(Cl)cc3[nH]ccc23)CC1.CC(=O)N1CCC(c2cc(OC(F)(F)F)cc3[nH]ccc23)CC1.O=C1CC2(CCN(c3cc(Cl)cc4[nH]ccc34)CC2)CN1. The molecule has 5 fully saturated rings. The van der Waals surface area contributed by atoms with Crippen LogP contribution < -0.4 is 24.8 Å². The Labute approximate surface area is 513 Å². The largest absolute Gasteiger partial charge is 0.573 e. The van der Waals surface area contributed by atoms with Gasteiger partial charge in [-0.15, -0.1) is 13.2 Å². The number of nitrogens with zero attached hydrogens (tertiary/aromatic N) is 6. The van der Waals surface area contributed by atoms with E-state index in [2.05, 4.69) is 69.0 Å². The van der Waals surface area contributed by atoms with Crippen LogP contribution in [0.5, 0.6) is 5.75 Å². The molecule has 13 rings (SSSR count). The number of rotatable bonds is 8. The fourth-order valence-corrected chi connectivity index (χ4v) is 13.7. The zero-order valence-electron chi connectivity index (χ0n) is 49.2. The predicted molar refractivity (Wildman–Crippen MR) is 338 cm³/mol. The van der Waals surface area contributed by atoms with E-state index in [0.717, 1.165) is 146 Å². The second-order valence-corrected chi connectivity index (χ2v) is 25.0. The molecule has 5 aliphatic heterocycles. The molecule has 0 radical (unpaired) electrons. The average molecular weight is 1240 g/mol. The number of anilines is 3. The average Bonchev–Trinajstić information content (AvgIpc) is 2.08. The monoisotopic (exact) mass is 1240 g/mol. The number of amides is 4. The van der Waals surface area contributed by atoms with Gasteiger partial charge in [-0.1, -0.05) is 34.8 Å². The van der Waals surface area contributed by atoms with E-state index in [1.165, 1.54) is 46.6 Å². The van der Waals surface area contributed by atoms with Crippen molar-refractivity contribution in [3.05, 3.63) is 118 Å². The number of carbonyl (C=O) groups excluding carboxylic acids is 4. The number of hydrogen-bond donors (Lipinski definition) is 5. The highest BCUT2D eigenvalue weighted by Crippen LogP contribution is 2.42. The number of H-pyrrole nitrogens is 4. The van der Waals surface area contributed by atoms with Crippen LogP contribution in [0.3, 0.4) is 0 Å². The lowest BCUT2D eigenvalue weighted by molar-refractivity contribution is -0.274. The van der Waals surface area contributed by atoms with Gasteiger partial charge in [0.25, 0.3) is 0 Å². The molecule has 22 heteroatoms. The highest BCUT2D eigenvalue weighted by Gasteiger charge is 2.41. The van der Waals surface area contributed by atoms with E-state index >= 15 is 0 Å². The number of halogens is 6. The van der Waals surface area contributed by atoms with Crippen LogP contribution in [-0.2, 0) is 19.2 Å². The van der Waals surface area contributed by atoms with Crippen molar-refractivity contribution in [1.82, 2.24) is 40.0 Å². The van der Waals surface area contributed by atoms with E-state index in [1.54, 1.807) is 24.9 Å². The van der Waals surface area contributed by atoms with E-state index in [0.29, 0.717) is 30.9 Å². The first-order valence-electron chi connectivity index (χ1n) is 29.5. The maximum absolute atomic E-state index is 12.5. The normalized spacial score (nSPS) is 18.2. The Morgan fingerprint density at radius 3 is 1.56 bits per heavy atom. The highest BCUT2D eigenvalue weighted by atomic mass is 35.5. The van der Waals surface area contributed by atoms with Crippen LogP contribution in [0, 0.1) is 11.3 Å². The summed E-state index contributed by atoms with van der Waals surface area (Å²) < 4.78 is 41.6. The number of aromatic amines is 4. The number of carbonyl (C=O) groups is 4. The number of ether oxygens (including phenoxy) is 1. The van der Waals surface area contributed by atoms with Crippen molar-refractivity contribution >= 4 is 119 Å². The van der Waals surface area contributed by atoms with Crippen molar-refractivity contribution in [1.29, 1.82) is 0 Å². The quantitative estimate of drug-likeness (QED) is 0.100. The number of aromatic nitrogens is 4. The minimum atomic E-state index is -4.71. The van der Waals surface area contributed by atoms with Crippen LogP contribution in [0.2, 0.25) is 15.1 Å². The van der Waals surface area contributed by atoms with Gasteiger partial charge in [-0.2, -0.15) is 0 Å². The number of fused-ring (bicyclic) bond motifs is 4. The molecular formula is C64H75Cl3F3N11O5. The molecule has 16 nitrogen and oxygen atoms in total. The Morgan fingerprint density at radius 2 is 1.09 bits per heavy atom. The number of likely N-dealkylation sites (tertiary alicyclic amines) is 1. The van der Waals surface area contributed by atoms with Crippen molar-refractivity contribution in [2.24, 2.45) is 11.3 Å². The van der Waals surface area contributed by atoms with Gasteiger partial charge in [0, 0.05) is 213 Å². The lowest BCUT2D eigenvalue weighted by Gasteiger charge is -2.39. The van der Waals surface area contributed by atoms with Gasteiger partial charge in [0.2, 0.25) is 23.6 Å². The summed E-state index contributed by atoms with van der Waals surface area (Å²) in [6.07, 6.45) is 10.3. The van der Waals surface area contributed by atoms with E-state index < -0.39 is 6.36 Å². The third kappa shape index (κ3) is 14.6. The Bertz CT molecular complexity index is 3700. The van der Waals surface area contributed by atoms with E-state index in [9.17, 15) is 32.3 Å². The second kappa shape index (κ2) is 26.4. The Balaban J connectivity index is 0.000000127. The van der Waals surface area contributed by atoms with Crippen LogP contribution in [0.15, 0.2) is 97.6 Å². The molecule has 1 spiro atoms. The lowest BCUT2D eigenvalue weighted by Crippen LogP contribution is -2.41. The zero-order chi connectivity index (χ0) is 61.0. The standard InChI is InChI=1S/C17H22ClN3O.C16H18ClN3O.C16H17F3N2O2.C15H18ClN3O/c1-12(22)20(2)11-13-4-7-21(8-5-13)17-10-14(18)9-16-15(17)3-6-19-16;17-11-7-13-12(1-4-18-13)14(8-11)20-5-2-16(3-6-20)9-15(21)19-10-16;1-10(22)21-6-3-11(4-7-21)14-8-12(23-16(17,18)19)9-15-13(14)2-5-20-15;1-10(20)18(2)12-4-6-19(9-12)15-8-11(16)7-14-13(15)3-5-17-14/h3,6,9-10,13,19H,4-5,7-8,11H2,1-2H3;1,4,7-8,18H,2-3,5-6,9-10H2,(H,19,21);2,5,8-9,11,20H,3-4,6-7H2,1H3;3,5,7-8,12,17H,4,6,9H2,1-2H3. The van der Waals surface area contributed by atoms with Gasteiger partial charge in [0.05, 0.1) is 6.04 Å². The number of hydrogen-bond acceptors (Lipinski definition) is 8. The van der Waals surface area contributed by atoms with Gasteiger partial charge in [0.1, 0.15) is 5.75 Å². The molecule has 1 unspecified atom stereocenters. The van der Waals surface area contributed by atoms with Gasteiger partial charge in [-0.05, 0) is 134 Å². The molecule has 0 bridgehead atoms. The van der Waals surface area contributed by atoms with E-state index in [1.807, 2.05) is 78.9 Å². The first-order valence-corrected chi connectivity index (χ1v) is 30.6. The number of piperidine rings is 3. The van der Waals surface area contributed by atoms with Gasteiger partial charge in [-0.3, -0.25) is 19.2 Å². The number of alkyl halides is 3. The molecule has 5 aliphatic rings. The fraction of sp³-hybridized carbons (Fsp3) is 0.438. The van der Waals surface area contributed by atoms with Gasteiger partial charge < -0.3 is 59.4 Å². The first-order chi connectivity index (χ1) is 41.1. The summed E-state index contributed by atoms with van der Waals surface area (Å²) in [6, 6.07) is 23.2. The van der Waals surface area contributed by atoms with E-state index in [4.69, 9.17) is 34.8 Å². The molecule has 458 valence electrons. The molecule has 8 aromatic rings. The fourth-order valence-electron chi connectivity index (χ4n) is 13.1. The van der Waals surface area contributed by atoms with Gasteiger partial charge in [-0.25, -0.2) is 0 Å². The molecule has 5 saturated heterocycles. The molecule has 0 saturated carbocycles. The van der Waals surface area contributed by atoms with Crippen LogP contribution in [0.4, 0.5) is 30.2 Å². The van der Waals surface area contributed by atoms with Crippen LogP contribution in [-0.4, -0.2) is 150 Å². The van der Waals surface area contributed by atoms with Crippen molar-refractivity contribution in [2.75, 3.05) is 94.2 Å². The Morgan fingerprint density at radius 1 is 0.616 bits per heavy atom. The third-order valence-electron chi connectivity index (χ3n) is 18.1. The first kappa shape index (κ1) is 61.9. The smallest absolute Gasteiger partial charge is 0.406 e. The summed E-state index contributed by atoms with van der Waals surface area (Å²) >= 11 is 18.7. The summed E-state index contributed by atoms with van der Waals surface area (Å²) in [5.41, 5.74) is 8.42. The van der Waals surface area contributed by atoms with Crippen molar-refractivity contribution in [3.8, 4) is 5.75 Å². The summed E-state index contributed by atoms with van der Waals surface area (Å²) in [5.74, 6) is 0.993. The molecular weight excluding hydrogens is 1170 g/mol. The van der Waals surface area contributed by atoms with Crippen LogP contribution in [0.25, 0.3) is 43.6 Å².